The van der Waals surface area contributed by atoms with Crippen LogP contribution in [0.1, 0.15) is 12.0 Å². The lowest BCUT2D eigenvalue weighted by atomic mass is 10.2. The molecule has 1 amide bonds. The highest BCUT2D eigenvalue weighted by molar-refractivity contribution is 8.26. The normalized spacial score (nSPS) is 16.9. The molecule has 1 aliphatic heterocycles. The molecule has 7 heteroatoms. The van der Waals surface area contributed by atoms with Crippen molar-refractivity contribution in [3.8, 4) is 0 Å². The van der Waals surface area contributed by atoms with Crippen LogP contribution >= 0.6 is 24.0 Å². The fourth-order valence-electron chi connectivity index (χ4n) is 1.61. The van der Waals surface area contributed by atoms with Crippen LogP contribution in [0, 0.1) is 0 Å². The summed E-state index contributed by atoms with van der Waals surface area (Å²) in [5.74, 6) is -0.544. The number of thiocarbonyl (C=S) groups is 1. The van der Waals surface area contributed by atoms with Gasteiger partial charge in [0.05, 0.1) is 18.4 Å². The molecule has 0 N–H and O–H groups in total. The topological polar surface area (TPSA) is 59.5 Å². The number of esters is 1. The highest BCUT2D eigenvalue weighted by Gasteiger charge is 2.32. The molecular weight excluding hydrogens is 296 g/mol. The number of nitrogens with zero attached hydrogens (tertiary/aromatic N) is 2. The largest absolute Gasteiger partial charge is 0.469 e. The van der Waals surface area contributed by atoms with Crippen molar-refractivity contribution >= 4 is 46.3 Å². The molecule has 1 aromatic rings. The number of hydrogen-bond acceptors (Lipinski definition) is 6. The summed E-state index contributed by atoms with van der Waals surface area (Å²) in [6.07, 6.45) is 5.21. The van der Waals surface area contributed by atoms with E-state index >= 15 is 0 Å². The molecule has 20 heavy (non-hydrogen) atoms. The molecule has 0 spiro atoms. The summed E-state index contributed by atoms with van der Waals surface area (Å²) in [5, 5.41) is 0. The Bertz CT molecular complexity index is 572. The van der Waals surface area contributed by atoms with Crippen LogP contribution in [0.15, 0.2) is 29.4 Å². The first-order chi connectivity index (χ1) is 9.61. The van der Waals surface area contributed by atoms with Crippen molar-refractivity contribution in [1.29, 1.82) is 0 Å². The Hall–Kier alpha value is -1.73. The molecule has 0 unspecified atom stereocenters. The van der Waals surface area contributed by atoms with Gasteiger partial charge in [-0.15, -0.1) is 0 Å². The molecule has 1 saturated heterocycles. The zero-order chi connectivity index (χ0) is 14.5. The van der Waals surface area contributed by atoms with Gasteiger partial charge in [-0.1, -0.05) is 24.0 Å². The Kier molecular flexibility index (Phi) is 4.86. The molecule has 5 nitrogen and oxygen atoms in total. The maximum atomic E-state index is 12.2. The number of thioether (sulfide) groups is 1. The minimum Gasteiger partial charge on any atom is -0.469 e. The minimum absolute atomic E-state index is 0.130. The van der Waals surface area contributed by atoms with Gasteiger partial charge in [-0.3, -0.25) is 19.5 Å². The molecule has 2 heterocycles. The molecular formula is C13H12N2O3S2. The Labute approximate surface area is 126 Å². The Morgan fingerprint density at radius 3 is 2.85 bits per heavy atom. The molecule has 0 aliphatic carbocycles. The molecule has 0 aromatic carbocycles. The third-order valence-corrected chi connectivity index (χ3v) is 4.02. The standard InChI is InChI=1S/C13H12N2O3S2/c1-18-11(16)4-7-15-12(17)10(20-13(15)19)8-9-2-5-14-6-3-9/h2-3,5-6,8H,4,7H2,1H3/b10-8-. The Balaban J connectivity index is 2.09. The first-order valence-corrected chi connectivity index (χ1v) is 7.06. The van der Waals surface area contributed by atoms with E-state index in [0.717, 1.165) is 5.56 Å². The van der Waals surface area contributed by atoms with Crippen LogP contribution in [-0.2, 0) is 14.3 Å². The van der Waals surface area contributed by atoms with E-state index in [2.05, 4.69) is 9.72 Å². The second kappa shape index (κ2) is 6.62. The zero-order valence-electron chi connectivity index (χ0n) is 10.7. The van der Waals surface area contributed by atoms with E-state index in [1.807, 2.05) is 0 Å². The molecule has 0 bridgehead atoms. The number of amides is 1. The fraction of sp³-hybridized carbons (Fsp3) is 0.231. The van der Waals surface area contributed by atoms with Crippen molar-refractivity contribution in [3.05, 3.63) is 35.0 Å². The van der Waals surface area contributed by atoms with Crippen molar-refractivity contribution in [1.82, 2.24) is 9.88 Å². The van der Waals surface area contributed by atoms with E-state index < -0.39 is 0 Å². The second-order valence-corrected chi connectivity index (χ2v) is 5.62. The van der Waals surface area contributed by atoms with E-state index in [0.29, 0.717) is 9.23 Å². The second-order valence-electron chi connectivity index (χ2n) is 3.94. The summed E-state index contributed by atoms with van der Waals surface area (Å²) >= 11 is 6.39. The van der Waals surface area contributed by atoms with E-state index in [-0.39, 0.29) is 24.8 Å². The molecule has 0 radical (unpaired) electrons. The molecule has 1 aromatic heterocycles. The average molecular weight is 308 g/mol. The number of carbonyl (C=O) groups excluding carboxylic acids is 2. The van der Waals surface area contributed by atoms with Crippen LogP contribution in [0.25, 0.3) is 6.08 Å². The maximum absolute atomic E-state index is 12.2. The number of hydrogen-bond donors (Lipinski definition) is 0. The van der Waals surface area contributed by atoms with Crippen LogP contribution in [0.4, 0.5) is 0 Å². The van der Waals surface area contributed by atoms with E-state index in [1.54, 1.807) is 30.6 Å². The summed E-state index contributed by atoms with van der Waals surface area (Å²) in [7, 11) is 1.32. The lowest BCUT2D eigenvalue weighted by Gasteiger charge is -2.12. The molecule has 2 rings (SSSR count). The van der Waals surface area contributed by atoms with Gasteiger partial charge in [0.1, 0.15) is 4.32 Å². The van der Waals surface area contributed by atoms with E-state index in [1.165, 1.54) is 23.8 Å². The lowest BCUT2D eigenvalue weighted by Crippen LogP contribution is -2.30. The van der Waals surface area contributed by atoms with Crippen LogP contribution in [0.2, 0.25) is 0 Å². The van der Waals surface area contributed by atoms with Gasteiger partial charge in [-0.25, -0.2) is 0 Å². The van der Waals surface area contributed by atoms with Crippen molar-refractivity contribution in [2.45, 2.75) is 6.42 Å². The van der Waals surface area contributed by atoms with Gasteiger partial charge in [0, 0.05) is 18.9 Å². The Morgan fingerprint density at radius 2 is 2.20 bits per heavy atom. The molecule has 0 saturated carbocycles. The van der Waals surface area contributed by atoms with Crippen molar-refractivity contribution in [3.63, 3.8) is 0 Å². The average Bonchev–Trinajstić information content (AvgIpc) is 2.72. The minimum atomic E-state index is -0.364. The number of methoxy groups -OCH3 is 1. The number of rotatable bonds is 4. The van der Waals surface area contributed by atoms with Gasteiger partial charge in [-0.05, 0) is 23.8 Å². The van der Waals surface area contributed by atoms with Gasteiger partial charge in [0.25, 0.3) is 5.91 Å². The third-order valence-electron chi connectivity index (χ3n) is 2.64. The van der Waals surface area contributed by atoms with Gasteiger partial charge in [0.2, 0.25) is 0 Å². The smallest absolute Gasteiger partial charge is 0.307 e. The molecule has 1 aliphatic rings. The molecule has 1 fully saturated rings. The van der Waals surface area contributed by atoms with E-state index in [4.69, 9.17) is 12.2 Å². The zero-order valence-corrected chi connectivity index (χ0v) is 12.4. The lowest BCUT2D eigenvalue weighted by molar-refractivity contribution is -0.140. The van der Waals surface area contributed by atoms with Gasteiger partial charge in [0.15, 0.2) is 0 Å². The Morgan fingerprint density at radius 1 is 1.50 bits per heavy atom. The summed E-state index contributed by atoms with van der Waals surface area (Å²) < 4.78 is 5.01. The quantitative estimate of drug-likeness (QED) is 0.480. The monoisotopic (exact) mass is 308 g/mol. The summed E-state index contributed by atoms with van der Waals surface area (Å²) in [5.41, 5.74) is 0.883. The predicted molar refractivity (Wildman–Crippen MR) is 80.7 cm³/mol. The van der Waals surface area contributed by atoms with Crippen LogP contribution in [0.5, 0.6) is 0 Å². The number of ether oxygens (including phenoxy) is 1. The van der Waals surface area contributed by atoms with Gasteiger partial charge < -0.3 is 4.74 Å². The third kappa shape index (κ3) is 3.43. The van der Waals surface area contributed by atoms with E-state index in [9.17, 15) is 9.59 Å². The van der Waals surface area contributed by atoms with Crippen LogP contribution in [0.3, 0.4) is 0 Å². The highest BCUT2D eigenvalue weighted by Crippen LogP contribution is 2.32. The SMILES string of the molecule is COC(=O)CCN1C(=O)/C(=C/c2ccncc2)SC1=S. The van der Waals surface area contributed by atoms with Crippen molar-refractivity contribution in [2.75, 3.05) is 13.7 Å². The maximum Gasteiger partial charge on any atom is 0.307 e. The number of aromatic nitrogens is 1. The number of carbonyl (C=O) groups is 2. The highest BCUT2D eigenvalue weighted by atomic mass is 32.2. The fourth-order valence-corrected chi connectivity index (χ4v) is 2.92. The summed E-state index contributed by atoms with van der Waals surface area (Å²) in [6.45, 7) is 0.241. The van der Waals surface area contributed by atoms with Crippen LogP contribution < -0.4 is 0 Å². The summed E-state index contributed by atoms with van der Waals surface area (Å²) in [6, 6.07) is 3.61. The van der Waals surface area contributed by atoms with Gasteiger partial charge in [-0.2, -0.15) is 0 Å². The van der Waals surface area contributed by atoms with Gasteiger partial charge >= 0.3 is 5.97 Å². The molecule has 0 atom stereocenters. The first-order valence-electron chi connectivity index (χ1n) is 5.84. The first kappa shape index (κ1) is 14.7. The molecule has 104 valence electrons. The van der Waals surface area contributed by atoms with Crippen LogP contribution in [-0.4, -0.2) is 39.7 Å². The van der Waals surface area contributed by atoms with Crippen molar-refractivity contribution < 1.29 is 14.3 Å². The number of pyridine rings is 1. The summed E-state index contributed by atoms with van der Waals surface area (Å²) in [4.78, 5) is 29.2. The predicted octanol–water partition coefficient (Wildman–Crippen LogP) is 1.85. The van der Waals surface area contributed by atoms with Crippen molar-refractivity contribution in [2.24, 2.45) is 0 Å².